The van der Waals surface area contributed by atoms with E-state index >= 15 is 0 Å². The van der Waals surface area contributed by atoms with Gasteiger partial charge < -0.3 is 20.1 Å². The van der Waals surface area contributed by atoms with E-state index < -0.39 is 0 Å². The van der Waals surface area contributed by atoms with Crippen LogP contribution in [0.1, 0.15) is 40.5 Å². The van der Waals surface area contributed by atoms with Gasteiger partial charge in [0.1, 0.15) is 23.0 Å². The lowest BCUT2D eigenvalue weighted by Crippen LogP contribution is -2.19. The van der Waals surface area contributed by atoms with Crippen molar-refractivity contribution < 1.29 is 19.1 Å². The van der Waals surface area contributed by atoms with Crippen LogP contribution in [0.3, 0.4) is 0 Å². The maximum Gasteiger partial charge on any atom is 0.228 e. The fourth-order valence-corrected chi connectivity index (χ4v) is 3.68. The molecule has 1 saturated carbocycles. The van der Waals surface area contributed by atoms with Gasteiger partial charge in [-0.25, -0.2) is 0 Å². The lowest BCUT2D eigenvalue weighted by atomic mass is 10.1. The minimum absolute atomic E-state index is 0.00768. The summed E-state index contributed by atoms with van der Waals surface area (Å²) < 4.78 is 11.9. The summed E-state index contributed by atoms with van der Waals surface area (Å²) in [6, 6.07) is 22.0. The predicted molar refractivity (Wildman–Crippen MR) is 138 cm³/mol. The Kier molecular flexibility index (Phi) is 7.10. The molecule has 4 rings (SSSR count). The lowest BCUT2D eigenvalue weighted by Gasteiger charge is -2.12. The van der Waals surface area contributed by atoms with Gasteiger partial charge in [-0.2, -0.15) is 0 Å². The number of hydrogen-bond donors (Lipinski definition) is 2. The third-order valence-corrected chi connectivity index (χ3v) is 6.41. The van der Waals surface area contributed by atoms with E-state index in [1.165, 1.54) is 0 Å². The SMILES string of the molecule is CCC(C)C(=O)Nc1ccc(Oc2cccc(Oc3ccc(NC(=O)C4CC4(C)C)cc3)c2)cc1. The number of amides is 2. The van der Waals surface area contributed by atoms with Crippen LogP contribution < -0.4 is 20.1 Å². The van der Waals surface area contributed by atoms with Gasteiger partial charge in [0.05, 0.1) is 0 Å². The van der Waals surface area contributed by atoms with E-state index in [0.717, 1.165) is 24.2 Å². The first-order valence-corrected chi connectivity index (χ1v) is 12.0. The normalized spacial score (nSPS) is 16.6. The van der Waals surface area contributed by atoms with Crippen molar-refractivity contribution in [3.63, 3.8) is 0 Å². The summed E-state index contributed by atoms with van der Waals surface area (Å²) in [6.45, 7) is 8.11. The number of carbonyl (C=O) groups is 2. The molecule has 3 aromatic rings. The van der Waals surface area contributed by atoms with Crippen LogP contribution in [0.4, 0.5) is 11.4 Å². The molecule has 2 amide bonds. The zero-order valence-corrected chi connectivity index (χ0v) is 20.6. The molecule has 0 saturated heterocycles. The summed E-state index contributed by atoms with van der Waals surface area (Å²) in [4.78, 5) is 24.3. The Morgan fingerprint density at radius 1 is 0.857 bits per heavy atom. The highest BCUT2D eigenvalue weighted by Crippen LogP contribution is 2.52. The van der Waals surface area contributed by atoms with Gasteiger partial charge in [0.25, 0.3) is 0 Å². The average Bonchev–Trinajstić information content (AvgIpc) is 3.49. The lowest BCUT2D eigenvalue weighted by molar-refractivity contribution is -0.119. The second-order valence-corrected chi connectivity index (χ2v) is 9.76. The molecule has 1 fully saturated rings. The maximum atomic E-state index is 12.3. The van der Waals surface area contributed by atoms with Crippen LogP contribution in [0.2, 0.25) is 0 Å². The molecular formula is C29H32N2O4. The third kappa shape index (κ3) is 6.41. The number of rotatable bonds is 9. The molecule has 1 aliphatic rings. The summed E-state index contributed by atoms with van der Waals surface area (Å²) in [5, 5.41) is 5.88. The molecule has 1 aliphatic carbocycles. The first-order chi connectivity index (χ1) is 16.7. The number of ether oxygens (including phenoxy) is 2. The van der Waals surface area contributed by atoms with Gasteiger partial charge in [-0.15, -0.1) is 0 Å². The monoisotopic (exact) mass is 472 g/mol. The van der Waals surface area contributed by atoms with E-state index in [0.29, 0.717) is 23.0 Å². The first kappa shape index (κ1) is 24.3. The Morgan fingerprint density at radius 2 is 1.34 bits per heavy atom. The molecule has 0 radical (unpaired) electrons. The van der Waals surface area contributed by atoms with E-state index in [4.69, 9.17) is 9.47 Å². The molecule has 0 heterocycles. The smallest absolute Gasteiger partial charge is 0.228 e. The Morgan fingerprint density at radius 3 is 1.80 bits per heavy atom. The highest BCUT2D eigenvalue weighted by Gasteiger charge is 2.50. The van der Waals surface area contributed by atoms with Crippen LogP contribution in [0.25, 0.3) is 0 Å². The van der Waals surface area contributed by atoms with Crippen molar-refractivity contribution in [2.75, 3.05) is 10.6 Å². The molecule has 0 aromatic heterocycles. The maximum absolute atomic E-state index is 12.3. The zero-order valence-electron chi connectivity index (χ0n) is 20.6. The second kappa shape index (κ2) is 10.2. The quantitative estimate of drug-likeness (QED) is 0.344. The van der Waals surface area contributed by atoms with Crippen LogP contribution in [-0.4, -0.2) is 11.8 Å². The minimum Gasteiger partial charge on any atom is -0.457 e. The van der Waals surface area contributed by atoms with Crippen molar-refractivity contribution in [2.45, 2.75) is 40.5 Å². The molecular weight excluding hydrogens is 440 g/mol. The fourth-order valence-electron chi connectivity index (χ4n) is 3.68. The van der Waals surface area contributed by atoms with Crippen molar-refractivity contribution in [1.29, 1.82) is 0 Å². The Balaban J connectivity index is 1.33. The summed E-state index contributed by atoms with van der Waals surface area (Å²) in [7, 11) is 0. The van der Waals surface area contributed by atoms with Gasteiger partial charge in [-0.05, 0) is 78.9 Å². The molecule has 0 bridgehead atoms. The first-order valence-electron chi connectivity index (χ1n) is 12.0. The molecule has 6 nitrogen and oxygen atoms in total. The van der Waals surface area contributed by atoms with Crippen molar-refractivity contribution in [1.82, 2.24) is 0 Å². The molecule has 0 spiro atoms. The molecule has 2 unspecified atom stereocenters. The van der Waals surface area contributed by atoms with Crippen LogP contribution in [0, 0.1) is 17.3 Å². The van der Waals surface area contributed by atoms with Gasteiger partial charge >= 0.3 is 0 Å². The van der Waals surface area contributed by atoms with E-state index in [1.807, 2.05) is 86.6 Å². The fraction of sp³-hybridized carbons (Fsp3) is 0.310. The molecule has 2 atom stereocenters. The number of nitrogens with one attached hydrogen (secondary N) is 2. The van der Waals surface area contributed by atoms with Gasteiger partial charge in [0.15, 0.2) is 0 Å². The summed E-state index contributed by atoms with van der Waals surface area (Å²) in [5.74, 6) is 2.72. The van der Waals surface area contributed by atoms with Crippen molar-refractivity contribution >= 4 is 23.2 Å². The topological polar surface area (TPSA) is 76.7 Å². The Bertz CT molecular complexity index is 1190. The van der Waals surface area contributed by atoms with Crippen molar-refractivity contribution in [2.24, 2.45) is 17.3 Å². The summed E-state index contributed by atoms with van der Waals surface area (Å²) >= 11 is 0. The van der Waals surface area contributed by atoms with Crippen molar-refractivity contribution in [3.05, 3.63) is 72.8 Å². The van der Waals surface area contributed by atoms with E-state index in [2.05, 4.69) is 24.5 Å². The number of benzene rings is 3. The van der Waals surface area contributed by atoms with E-state index in [-0.39, 0.29) is 29.1 Å². The van der Waals surface area contributed by atoms with Crippen LogP contribution in [0.5, 0.6) is 23.0 Å². The summed E-state index contributed by atoms with van der Waals surface area (Å²) in [6.07, 6.45) is 1.72. The second-order valence-electron chi connectivity index (χ2n) is 9.76. The van der Waals surface area contributed by atoms with Crippen LogP contribution in [-0.2, 0) is 9.59 Å². The molecule has 2 N–H and O–H groups in total. The van der Waals surface area contributed by atoms with Crippen molar-refractivity contribution in [3.8, 4) is 23.0 Å². The Hall–Kier alpha value is -3.80. The molecule has 35 heavy (non-hydrogen) atoms. The van der Waals surface area contributed by atoms with Gasteiger partial charge in [0, 0.05) is 29.3 Å². The Labute approximate surface area is 206 Å². The number of anilines is 2. The molecule has 0 aliphatic heterocycles. The minimum atomic E-state index is -0.0289. The number of carbonyl (C=O) groups excluding carboxylic acids is 2. The van der Waals surface area contributed by atoms with Gasteiger partial charge in [0.2, 0.25) is 11.8 Å². The summed E-state index contributed by atoms with van der Waals surface area (Å²) in [5.41, 5.74) is 1.59. The third-order valence-electron chi connectivity index (χ3n) is 6.41. The van der Waals surface area contributed by atoms with Gasteiger partial charge in [-0.1, -0.05) is 33.8 Å². The van der Waals surface area contributed by atoms with Crippen LogP contribution in [0.15, 0.2) is 72.8 Å². The average molecular weight is 473 g/mol. The van der Waals surface area contributed by atoms with E-state index in [9.17, 15) is 9.59 Å². The zero-order chi connectivity index (χ0) is 25.0. The largest absolute Gasteiger partial charge is 0.457 e. The molecule has 3 aromatic carbocycles. The standard InChI is InChI=1S/C29H32N2O4/c1-5-19(2)27(32)30-20-9-13-22(14-10-20)34-24-7-6-8-25(17-24)35-23-15-11-21(12-16-23)31-28(33)26-18-29(26,3)4/h6-17,19,26H,5,18H2,1-4H3,(H,30,32)(H,31,33). The van der Waals surface area contributed by atoms with E-state index in [1.54, 1.807) is 0 Å². The molecule has 6 heteroatoms. The van der Waals surface area contributed by atoms with Gasteiger partial charge in [-0.3, -0.25) is 9.59 Å². The molecule has 182 valence electrons. The number of hydrogen-bond acceptors (Lipinski definition) is 4. The highest BCUT2D eigenvalue weighted by atomic mass is 16.5. The highest BCUT2D eigenvalue weighted by molar-refractivity contribution is 5.95. The predicted octanol–water partition coefficient (Wildman–Crippen LogP) is 7.24. The van der Waals surface area contributed by atoms with Crippen LogP contribution >= 0.6 is 0 Å².